The molecule has 0 radical (unpaired) electrons. The largest absolute Gasteiger partial charge is 0.492 e. The number of nitrogen functional groups attached to an aromatic ring is 1. The smallest absolute Gasteiger partial charge is 0.144 e. The van der Waals surface area contributed by atoms with Crippen LogP contribution in [0.25, 0.3) is 0 Å². The van der Waals surface area contributed by atoms with Gasteiger partial charge >= 0.3 is 0 Å². The molecule has 0 saturated carbocycles. The van der Waals surface area contributed by atoms with Gasteiger partial charge in [-0.3, -0.25) is 5.10 Å². The van der Waals surface area contributed by atoms with Crippen molar-refractivity contribution in [2.24, 2.45) is 0 Å². The normalized spacial score (nSPS) is 10.5. The van der Waals surface area contributed by atoms with E-state index >= 15 is 0 Å². The minimum absolute atomic E-state index is 0.618. The molecule has 2 rings (SSSR count). The molecule has 1 heterocycles. The molecule has 4 N–H and O–H groups in total. The first-order valence-electron chi connectivity index (χ1n) is 6.95. The van der Waals surface area contributed by atoms with Crippen LogP contribution in [0.3, 0.4) is 0 Å². The summed E-state index contributed by atoms with van der Waals surface area (Å²) < 4.78 is 5.48. The van der Waals surface area contributed by atoms with E-state index in [1.54, 1.807) is 0 Å². The Hall–Kier alpha value is -2.17. The monoisotopic (exact) mass is 274 g/mol. The summed E-state index contributed by atoms with van der Waals surface area (Å²) in [5.41, 5.74) is 9.98. The second kappa shape index (κ2) is 6.84. The maximum atomic E-state index is 5.85. The topological polar surface area (TPSA) is 76.0 Å². The van der Waals surface area contributed by atoms with Crippen molar-refractivity contribution in [3.63, 3.8) is 0 Å². The number of nitrogens with one attached hydrogen (secondary N) is 2. The highest BCUT2D eigenvalue weighted by Gasteiger charge is 2.02. The van der Waals surface area contributed by atoms with Gasteiger partial charge < -0.3 is 15.8 Å². The molecule has 0 aliphatic carbocycles. The van der Waals surface area contributed by atoms with E-state index in [2.05, 4.69) is 15.5 Å². The van der Waals surface area contributed by atoms with Gasteiger partial charge in [0.1, 0.15) is 5.75 Å². The fourth-order valence-corrected chi connectivity index (χ4v) is 2.06. The first-order chi connectivity index (χ1) is 9.70. The maximum absolute atomic E-state index is 5.85. The Bertz CT molecular complexity index is 551. The number of ether oxygens (including phenoxy) is 1. The number of hydrogen-bond acceptors (Lipinski definition) is 4. The van der Waals surface area contributed by atoms with Crippen LogP contribution in [0.4, 0.5) is 11.4 Å². The lowest BCUT2D eigenvalue weighted by Crippen LogP contribution is -2.04. The molecule has 0 bridgehead atoms. The lowest BCUT2D eigenvalue weighted by atomic mass is 10.1. The molecule has 2 aromatic rings. The summed E-state index contributed by atoms with van der Waals surface area (Å²) in [6.07, 6.45) is 3.96. The number of H-pyrrole nitrogens is 1. The molecule has 0 aliphatic heterocycles. The molecular formula is C15H22N4O. The van der Waals surface area contributed by atoms with Gasteiger partial charge in [-0.25, -0.2) is 0 Å². The van der Waals surface area contributed by atoms with Gasteiger partial charge in [0, 0.05) is 24.0 Å². The molecule has 0 amide bonds. The summed E-state index contributed by atoms with van der Waals surface area (Å²) in [5.74, 6) is 0.739. The van der Waals surface area contributed by atoms with Crippen molar-refractivity contribution in [2.45, 2.75) is 26.7 Å². The summed E-state index contributed by atoms with van der Waals surface area (Å²) in [4.78, 5) is 0. The van der Waals surface area contributed by atoms with E-state index in [0.717, 1.165) is 36.5 Å². The number of aromatic nitrogens is 2. The number of aryl methyl sites for hydroxylation is 2. The van der Waals surface area contributed by atoms with Gasteiger partial charge in [0.05, 0.1) is 18.5 Å². The number of benzene rings is 1. The lowest BCUT2D eigenvalue weighted by molar-refractivity contribution is 0.342. The fourth-order valence-electron chi connectivity index (χ4n) is 2.06. The Labute approximate surface area is 119 Å². The van der Waals surface area contributed by atoms with Crippen molar-refractivity contribution in [1.29, 1.82) is 0 Å². The van der Waals surface area contributed by atoms with Crippen LogP contribution in [0.1, 0.15) is 24.6 Å². The highest BCUT2D eigenvalue weighted by Crippen LogP contribution is 2.25. The van der Waals surface area contributed by atoms with Crippen LogP contribution in [0.2, 0.25) is 0 Å². The zero-order chi connectivity index (χ0) is 14.4. The fraction of sp³-hybridized carbons (Fsp3) is 0.400. The molecule has 0 saturated heterocycles. The van der Waals surface area contributed by atoms with E-state index < -0.39 is 0 Å². The number of nitrogens with zero attached hydrogens (tertiary/aromatic N) is 1. The van der Waals surface area contributed by atoms with E-state index in [9.17, 15) is 0 Å². The van der Waals surface area contributed by atoms with Crippen molar-refractivity contribution in [3.05, 3.63) is 35.7 Å². The lowest BCUT2D eigenvalue weighted by Gasteiger charge is -2.11. The standard InChI is InChI=1S/C15H22N4O/c1-3-20-15-9-13(6-7-14(15)16)17-8-4-5-12-10-18-19-11(12)2/h6-7,9-10,17H,3-5,8,16H2,1-2H3,(H,18,19). The van der Waals surface area contributed by atoms with E-state index in [1.807, 2.05) is 38.2 Å². The second-order valence-corrected chi connectivity index (χ2v) is 4.74. The molecule has 0 atom stereocenters. The summed E-state index contributed by atoms with van der Waals surface area (Å²) in [7, 11) is 0. The van der Waals surface area contributed by atoms with Gasteiger partial charge in [-0.2, -0.15) is 5.10 Å². The van der Waals surface area contributed by atoms with Crippen LogP contribution in [0.5, 0.6) is 5.75 Å². The average molecular weight is 274 g/mol. The average Bonchev–Trinajstić information content (AvgIpc) is 2.84. The predicted octanol–water partition coefficient (Wildman–Crippen LogP) is 2.74. The SMILES string of the molecule is CCOc1cc(NCCCc2cn[nH]c2C)ccc1N. The molecule has 1 aromatic carbocycles. The van der Waals surface area contributed by atoms with Crippen molar-refractivity contribution in [2.75, 3.05) is 24.2 Å². The summed E-state index contributed by atoms with van der Waals surface area (Å²) in [5, 5.41) is 10.4. The van der Waals surface area contributed by atoms with Gasteiger partial charge in [0.15, 0.2) is 0 Å². The predicted molar refractivity (Wildman–Crippen MR) is 82.2 cm³/mol. The molecule has 20 heavy (non-hydrogen) atoms. The van der Waals surface area contributed by atoms with Crippen molar-refractivity contribution in [1.82, 2.24) is 10.2 Å². The van der Waals surface area contributed by atoms with Crippen LogP contribution >= 0.6 is 0 Å². The van der Waals surface area contributed by atoms with Gasteiger partial charge in [0.2, 0.25) is 0 Å². The van der Waals surface area contributed by atoms with Crippen LogP contribution in [0.15, 0.2) is 24.4 Å². The Morgan fingerprint density at radius 3 is 2.95 bits per heavy atom. The van der Waals surface area contributed by atoms with E-state index in [4.69, 9.17) is 10.5 Å². The van der Waals surface area contributed by atoms with Gasteiger partial charge in [-0.15, -0.1) is 0 Å². The van der Waals surface area contributed by atoms with Gasteiger partial charge in [-0.1, -0.05) is 0 Å². The number of anilines is 2. The van der Waals surface area contributed by atoms with Gasteiger partial charge in [-0.05, 0) is 44.4 Å². The van der Waals surface area contributed by atoms with E-state index in [-0.39, 0.29) is 0 Å². The minimum Gasteiger partial charge on any atom is -0.492 e. The quantitative estimate of drug-likeness (QED) is 0.536. The molecule has 5 nitrogen and oxygen atoms in total. The van der Waals surface area contributed by atoms with Crippen LogP contribution in [-0.2, 0) is 6.42 Å². The number of aromatic amines is 1. The third-order valence-electron chi connectivity index (χ3n) is 3.20. The molecule has 0 aliphatic rings. The van der Waals surface area contributed by atoms with E-state index in [1.165, 1.54) is 5.56 Å². The van der Waals surface area contributed by atoms with Gasteiger partial charge in [0.25, 0.3) is 0 Å². The van der Waals surface area contributed by atoms with Crippen LogP contribution in [-0.4, -0.2) is 23.3 Å². The Morgan fingerprint density at radius 1 is 1.40 bits per heavy atom. The molecule has 5 heteroatoms. The van der Waals surface area contributed by atoms with Crippen molar-refractivity contribution >= 4 is 11.4 Å². The Morgan fingerprint density at radius 2 is 2.25 bits per heavy atom. The number of rotatable bonds is 7. The third-order valence-corrected chi connectivity index (χ3v) is 3.20. The zero-order valence-electron chi connectivity index (χ0n) is 12.1. The van der Waals surface area contributed by atoms with Crippen LogP contribution in [0, 0.1) is 6.92 Å². The van der Waals surface area contributed by atoms with Crippen molar-refractivity contribution < 1.29 is 4.74 Å². The number of nitrogens with two attached hydrogens (primary N) is 1. The first-order valence-corrected chi connectivity index (χ1v) is 6.95. The summed E-state index contributed by atoms with van der Waals surface area (Å²) >= 11 is 0. The molecule has 0 spiro atoms. The van der Waals surface area contributed by atoms with Crippen molar-refractivity contribution in [3.8, 4) is 5.75 Å². The summed E-state index contributed by atoms with van der Waals surface area (Å²) in [6.45, 7) is 5.52. The van der Waals surface area contributed by atoms with E-state index in [0.29, 0.717) is 12.3 Å². The Kier molecular flexibility index (Phi) is 4.87. The Balaban J connectivity index is 1.82. The third kappa shape index (κ3) is 3.66. The molecule has 0 unspecified atom stereocenters. The molecule has 108 valence electrons. The highest BCUT2D eigenvalue weighted by atomic mass is 16.5. The van der Waals surface area contributed by atoms with Crippen LogP contribution < -0.4 is 15.8 Å². The second-order valence-electron chi connectivity index (χ2n) is 4.74. The zero-order valence-corrected chi connectivity index (χ0v) is 12.1. The first kappa shape index (κ1) is 14.2. The molecule has 1 aromatic heterocycles. The maximum Gasteiger partial charge on any atom is 0.144 e. The number of hydrogen-bond donors (Lipinski definition) is 3. The minimum atomic E-state index is 0.618. The highest BCUT2D eigenvalue weighted by molar-refractivity contribution is 5.61. The summed E-state index contributed by atoms with van der Waals surface area (Å²) in [6, 6.07) is 5.79. The molecular weight excluding hydrogens is 252 g/mol. The molecule has 0 fully saturated rings.